The van der Waals surface area contributed by atoms with Crippen molar-refractivity contribution in [2.45, 2.75) is 37.0 Å². The van der Waals surface area contributed by atoms with Gasteiger partial charge in [0.2, 0.25) is 15.9 Å². The van der Waals surface area contributed by atoms with E-state index in [0.29, 0.717) is 6.07 Å². The third-order valence-electron chi connectivity index (χ3n) is 2.95. The van der Waals surface area contributed by atoms with Gasteiger partial charge in [0.1, 0.15) is 0 Å². The van der Waals surface area contributed by atoms with Gasteiger partial charge in [0, 0.05) is 12.6 Å². The van der Waals surface area contributed by atoms with Gasteiger partial charge in [0.15, 0.2) is 0 Å². The highest BCUT2D eigenvalue weighted by molar-refractivity contribution is 7.89. The number of benzene rings is 1. The number of amides is 1. The highest BCUT2D eigenvalue weighted by Gasteiger charge is 2.37. The van der Waals surface area contributed by atoms with Crippen molar-refractivity contribution in [1.29, 1.82) is 0 Å². The number of halogens is 3. The van der Waals surface area contributed by atoms with Gasteiger partial charge in [0.05, 0.1) is 16.5 Å². The molecule has 1 rings (SSSR count). The fourth-order valence-corrected chi connectivity index (χ4v) is 3.14. The lowest BCUT2D eigenvalue weighted by Crippen LogP contribution is -2.49. The molecule has 1 amide bonds. The number of hydrogen-bond acceptors (Lipinski definition) is 4. The van der Waals surface area contributed by atoms with Gasteiger partial charge in [-0.05, 0) is 26.0 Å². The van der Waals surface area contributed by atoms with E-state index >= 15 is 0 Å². The number of carbonyl (C=O) groups excluding carboxylic acids is 1. The first-order valence-electron chi connectivity index (χ1n) is 6.68. The molecule has 1 unspecified atom stereocenters. The van der Waals surface area contributed by atoms with Crippen molar-refractivity contribution in [3.05, 3.63) is 29.8 Å². The van der Waals surface area contributed by atoms with Gasteiger partial charge in [-0.15, -0.1) is 0 Å². The molecule has 0 radical (unpaired) electrons. The van der Waals surface area contributed by atoms with E-state index in [9.17, 15) is 26.4 Å². The Labute approximate surface area is 132 Å². The molecule has 0 aromatic heterocycles. The zero-order valence-corrected chi connectivity index (χ0v) is 13.3. The molecule has 130 valence electrons. The summed E-state index contributed by atoms with van der Waals surface area (Å²) in [6, 6.07) is 2.10. The summed E-state index contributed by atoms with van der Waals surface area (Å²) in [6.45, 7) is 2.98. The second-order valence-corrected chi connectivity index (χ2v) is 6.66. The van der Waals surface area contributed by atoms with Gasteiger partial charge >= 0.3 is 6.18 Å². The number of nitrogens with one attached hydrogen (secondary N) is 2. The van der Waals surface area contributed by atoms with Crippen LogP contribution in [0.25, 0.3) is 0 Å². The highest BCUT2D eigenvalue weighted by atomic mass is 32.2. The molecule has 6 nitrogen and oxygen atoms in total. The number of alkyl halides is 3. The van der Waals surface area contributed by atoms with E-state index in [4.69, 9.17) is 5.73 Å². The van der Waals surface area contributed by atoms with E-state index in [1.807, 2.05) is 4.72 Å². The molecule has 0 fully saturated rings. The molecule has 0 bridgehead atoms. The molecule has 0 heterocycles. The van der Waals surface area contributed by atoms with Gasteiger partial charge in [-0.2, -0.15) is 17.9 Å². The fraction of sp³-hybridized carbons (Fsp3) is 0.462. The van der Waals surface area contributed by atoms with Crippen LogP contribution in [0.2, 0.25) is 0 Å². The Morgan fingerprint density at radius 1 is 1.26 bits per heavy atom. The van der Waals surface area contributed by atoms with E-state index in [1.165, 1.54) is 13.0 Å². The minimum absolute atomic E-state index is 0.141. The Balaban J connectivity index is 3.03. The zero-order chi connectivity index (χ0) is 17.8. The Bertz CT molecular complexity index is 662. The molecule has 1 aromatic rings. The van der Waals surface area contributed by atoms with E-state index < -0.39 is 44.6 Å². The van der Waals surface area contributed by atoms with Crippen LogP contribution in [-0.2, 0) is 21.0 Å². The van der Waals surface area contributed by atoms with Crippen LogP contribution in [0.5, 0.6) is 0 Å². The van der Waals surface area contributed by atoms with Crippen molar-refractivity contribution in [3.8, 4) is 0 Å². The number of carbonyl (C=O) groups is 1. The standard InChI is InChI=1S/C13H18F3N3O3S/c1-8(7-17)18-12(20)9(2)19-23(21,22)11-6-4-3-5-10(11)13(14,15)16/h3-6,8-9,19H,7,17H2,1-2H3,(H,18,20)/t8-,9?/m0/s1. The quantitative estimate of drug-likeness (QED) is 0.705. The molecule has 1 aromatic carbocycles. The SMILES string of the molecule is CC(NS(=O)(=O)c1ccccc1C(F)(F)F)C(=O)N[C@@H](C)CN. The maximum Gasteiger partial charge on any atom is 0.417 e. The van der Waals surface area contributed by atoms with Crippen LogP contribution >= 0.6 is 0 Å². The summed E-state index contributed by atoms with van der Waals surface area (Å²) in [7, 11) is -4.52. The maximum atomic E-state index is 12.9. The van der Waals surface area contributed by atoms with Gasteiger partial charge in [-0.25, -0.2) is 8.42 Å². The summed E-state index contributed by atoms with van der Waals surface area (Å²) >= 11 is 0. The minimum atomic E-state index is -4.83. The monoisotopic (exact) mass is 353 g/mol. The fourth-order valence-electron chi connectivity index (χ4n) is 1.71. The van der Waals surface area contributed by atoms with Gasteiger partial charge in [-0.3, -0.25) is 4.79 Å². The minimum Gasteiger partial charge on any atom is -0.351 e. The third-order valence-corrected chi connectivity index (χ3v) is 4.55. The zero-order valence-electron chi connectivity index (χ0n) is 12.5. The van der Waals surface area contributed by atoms with E-state index in [0.717, 1.165) is 12.1 Å². The molecule has 0 saturated carbocycles. The van der Waals surface area contributed by atoms with Gasteiger partial charge in [-0.1, -0.05) is 12.1 Å². The van der Waals surface area contributed by atoms with Crippen LogP contribution in [0, 0.1) is 0 Å². The topological polar surface area (TPSA) is 101 Å². The third kappa shape index (κ3) is 5.19. The summed E-state index contributed by atoms with van der Waals surface area (Å²) in [6.07, 6.45) is -4.83. The smallest absolute Gasteiger partial charge is 0.351 e. The highest BCUT2D eigenvalue weighted by Crippen LogP contribution is 2.33. The number of sulfonamides is 1. The van der Waals surface area contributed by atoms with Gasteiger partial charge < -0.3 is 11.1 Å². The largest absolute Gasteiger partial charge is 0.417 e. The molecular formula is C13H18F3N3O3S. The Morgan fingerprint density at radius 2 is 1.83 bits per heavy atom. The van der Waals surface area contributed by atoms with Crippen LogP contribution in [0.4, 0.5) is 13.2 Å². The first-order valence-corrected chi connectivity index (χ1v) is 8.16. The summed E-state index contributed by atoms with van der Waals surface area (Å²) in [5.41, 5.74) is 4.03. The Kier molecular flexibility index (Phi) is 6.14. The molecule has 0 aliphatic heterocycles. The van der Waals surface area contributed by atoms with Crippen molar-refractivity contribution >= 4 is 15.9 Å². The summed E-state index contributed by atoms with van der Waals surface area (Å²) in [5, 5.41) is 2.44. The lowest BCUT2D eigenvalue weighted by molar-refractivity contribution is -0.139. The van der Waals surface area contributed by atoms with E-state index in [-0.39, 0.29) is 6.54 Å². The van der Waals surface area contributed by atoms with Crippen molar-refractivity contribution in [2.24, 2.45) is 5.73 Å². The van der Waals surface area contributed by atoms with Crippen molar-refractivity contribution in [3.63, 3.8) is 0 Å². The molecular weight excluding hydrogens is 335 g/mol. The predicted molar refractivity (Wildman–Crippen MR) is 77.9 cm³/mol. The van der Waals surface area contributed by atoms with Crippen LogP contribution < -0.4 is 15.8 Å². The second-order valence-electron chi connectivity index (χ2n) is 4.98. The lowest BCUT2D eigenvalue weighted by Gasteiger charge is -2.19. The molecule has 0 spiro atoms. The number of nitrogens with two attached hydrogens (primary N) is 1. The van der Waals surface area contributed by atoms with Crippen molar-refractivity contribution in [2.75, 3.05) is 6.54 Å². The second kappa shape index (κ2) is 7.28. The molecule has 23 heavy (non-hydrogen) atoms. The maximum absolute atomic E-state index is 12.9. The average Bonchev–Trinajstić information content (AvgIpc) is 2.45. The summed E-state index contributed by atoms with van der Waals surface area (Å²) in [4.78, 5) is 10.9. The lowest BCUT2D eigenvalue weighted by atomic mass is 10.2. The molecule has 0 aliphatic carbocycles. The van der Waals surface area contributed by atoms with Crippen LogP contribution in [0.15, 0.2) is 29.2 Å². The Morgan fingerprint density at radius 3 is 2.35 bits per heavy atom. The normalized spacial score (nSPS) is 15.0. The molecule has 0 aliphatic rings. The van der Waals surface area contributed by atoms with Crippen molar-refractivity contribution in [1.82, 2.24) is 10.0 Å². The summed E-state index contributed by atoms with van der Waals surface area (Å²) < 4.78 is 65.0. The summed E-state index contributed by atoms with van der Waals surface area (Å²) in [5.74, 6) is -0.684. The molecule has 4 N–H and O–H groups in total. The van der Waals surface area contributed by atoms with Crippen LogP contribution in [0.3, 0.4) is 0 Å². The van der Waals surface area contributed by atoms with Crippen LogP contribution in [0.1, 0.15) is 19.4 Å². The van der Waals surface area contributed by atoms with Crippen LogP contribution in [-0.4, -0.2) is 33.0 Å². The van der Waals surface area contributed by atoms with Crippen molar-refractivity contribution < 1.29 is 26.4 Å². The predicted octanol–water partition coefficient (Wildman–Crippen LogP) is 0.836. The van der Waals surface area contributed by atoms with Gasteiger partial charge in [0.25, 0.3) is 0 Å². The molecule has 10 heteroatoms. The first-order chi connectivity index (χ1) is 10.5. The number of rotatable bonds is 6. The molecule has 2 atom stereocenters. The Hall–Kier alpha value is -1.65. The number of hydrogen-bond donors (Lipinski definition) is 3. The van der Waals surface area contributed by atoms with E-state index in [2.05, 4.69) is 5.32 Å². The first kappa shape index (κ1) is 19.4. The van der Waals surface area contributed by atoms with E-state index in [1.54, 1.807) is 6.92 Å². The average molecular weight is 353 g/mol. The molecule has 0 saturated heterocycles.